The Bertz CT molecular complexity index is 641. The van der Waals surface area contributed by atoms with Crippen LogP contribution in [0, 0.1) is 17.8 Å². The highest BCUT2D eigenvalue weighted by atomic mass is 15.3. The van der Waals surface area contributed by atoms with Crippen molar-refractivity contribution in [2.75, 3.05) is 18.0 Å². The molecule has 1 aliphatic heterocycles. The van der Waals surface area contributed by atoms with Crippen LogP contribution in [-0.4, -0.2) is 32.7 Å². The molecule has 0 aromatic carbocycles. The van der Waals surface area contributed by atoms with E-state index in [-0.39, 0.29) is 0 Å². The molecular weight excluding hydrogens is 238 g/mol. The van der Waals surface area contributed by atoms with E-state index in [0.717, 1.165) is 30.4 Å². The van der Waals surface area contributed by atoms with E-state index in [1.165, 1.54) is 12.8 Å². The lowest BCUT2D eigenvalue weighted by molar-refractivity contribution is -0.0360. The van der Waals surface area contributed by atoms with Crippen LogP contribution in [0.1, 0.15) is 32.5 Å². The van der Waals surface area contributed by atoms with E-state index in [1.54, 1.807) is 0 Å². The molecule has 5 nitrogen and oxygen atoms in total. The summed E-state index contributed by atoms with van der Waals surface area (Å²) < 4.78 is 2.01. The van der Waals surface area contributed by atoms with Crippen LogP contribution in [-0.2, 0) is 0 Å². The molecule has 0 unspecified atom stereocenters. The van der Waals surface area contributed by atoms with E-state index in [2.05, 4.69) is 33.9 Å². The molecule has 3 heterocycles. The first kappa shape index (κ1) is 11.2. The Labute approximate surface area is 112 Å². The van der Waals surface area contributed by atoms with Crippen molar-refractivity contribution < 1.29 is 0 Å². The zero-order valence-corrected chi connectivity index (χ0v) is 11.7. The van der Waals surface area contributed by atoms with Crippen molar-refractivity contribution in [2.24, 2.45) is 10.8 Å². The maximum absolute atomic E-state index is 4.51. The zero-order chi connectivity index (χ0) is 13.3. The lowest BCUT2D eigenvalue weighted by Gasteiger charge is -2.63. The molecule has 2 aliphatic rings. The van der Waals surface area contributed by atoms with Gasteiger partial charge in [0.1, 0.15) is 5.82 Å². The third kappa shape index (κ3) is 1.50. The first-order valence-corrected chi connectivity index (χ1v) is 6.90. The lowest BCUT2D eigenvalue weighted by Crippen LogP contribution is -2.64. The first-order valence-electron chi connectivity index (χ1n) is 6.90. The van der Waals surface area contributed by atoms with Gasteiger partial charge in [0, 0.05) is 30.9 Å². The highest BCUT2D eigenvalue weighted by Gasteiger charge is 2.56. The molecule has 2 aromatic heterocycles. The van der Waals surface area contributed by atoms with Gasteiger partial charge in [-0.05, 0) is 25.2 Å². The third-order valence-electron chi connectivity index (χ3n) is 4.54. The Balaban J connectivity index is 1.61. The summed E-state index contributed by atoms with van der Waals surface area (Å²) in [4.78, 5) is 6.85. The van der Waals surface area contributed by atoms with Crippen LogP contribution >= 0.6 is 0 Å². The van der Waals surface area contributed by atoms with Gasteiger partial charge in [0.2, 0.25) is 5.65 Å². The number of aromatic nitrogens is 4. The van der Waals surface area contributed by atoms with Gasteiger partial charge in [-0.2, -0.15) is 0 Å². The summed E-state index contributed by atoms with van der Waals surface area (Å²) in [5.74, 6) is 1.90. The van der Waals surface area contributed by atoms with E-state index >= 15 is 0 Å². The Morgan fingerprint density at radius 3 is 2.58 bits per heavy atom. The standard InChI is InChI=1S/C14H19N5/c1-10-16-17-12-11(15-4-5-19(10)12)18-8-14(9-18)6-13(2,3)7-14/h4-5H,6-9H2,1-3H3. The molecule has 0 radical (unpaired) electrons. The van der Waals surface area contributed by atoms with Gasteiger partial charge >= 0.3 is 0 Å². The monoisotopic (exact) mass is 257 g/mol. The third-order valence-corrected chi connectivity index (χ3v) is 4.54. The van der Waals surface area contributed by atoms with Crippen LogP contribution < -0.4 is 4.90 Å². The van der Waals surface area contributed by atoms with Gasteiger partial charge in [0.05, 0.1) is 0 Å². The molecule has 0 bridgehead atoms. The van der Waals surface area contributed by atoms with Crippen LogP contribution in [0.3, 0.4) is 0 Å². The lowest BCUT2D eigenvalue weighted by atomic mass is 9.51. The molecular formula is C14H19N5. The molecule has 0 N–H and O–H groups in total. The summed E-state index contributed by atoms with van der Waals surface area (Å²) in [6, 6.07) is 0. The van der Waals surface area contributed by atoms with E-state index in [4.69, 9.17) is 0 Å². The fourth-order valence-corrected chi connectivity index (χ4v) is 4.27. The fourth-order valence-electron chi connectivity index (χ4n) is 4.27. The van der Waals surface area contributed by atoms with E-state index < -0.39 is 0 Å². The Morgan fingerprint density at radius 2 is 1.89 bits per heavy atom. The SMILES string of the molecule is Cc1nnc2c(N3CC4(C3)CC(C)(C)C4)nccn12. The van der Waals surface area contributed by atoms with E-state index in [1.807, 2.05) is 23.7 Å². The predicted octanol–water partition coefficient (Wildman–Crippen LogP) is 2.06. The van der Waals surface area contributed by atoms with Crippen molar-refractivity contribution in [3.05, 3.63) is 18.2 Å². The number of hydrogen-bond donors (Lipinski definition) is 0. The smallest absolute Gasteiger partial charge is 0.203 e. The highest BCUT2D eigenvalue weighted by molar-refractivity contribution is 5.65. The predicted molar refractivity (Wildman–Crippen MR) is 73.2 cm³/mol. The highest BCUT2D eigenvalue weighted by Crippen LogP contribution is 2.59. The molecule has 5 heteroatoms. The molecule has 0 atom stereocenters. The second kappa shape index (κ2) is 3.26. The number of aryl methyl sites for hydroxylation is 1. The van der Waals surface area contributed by atoms with E-state index in [0.29, 0.717) is 10.8 Å². The second-order valence-electron chi connectivity index (χ2n) is 7.07. The van der Waals surface area contributed by atoms with Gasteiger partial charge in [-0.1, -0.05) is 13.8 Å². The molecule has 2 aromatic rings. The number of nitrogens with zero attached hydrogens (tertiary/aromatic N) is 5. The van der Waals surface area contributed by atoms with Crippen LogP contribution in [0.4, 0.5) is 5.82 Å². The number of hydrogen-bond acceptors (Lipinski definition) is 4. The average Bonchev–Trinajstić information content (AvgIpc) is 2.65. The van der Waals surface area contributed by atoms with Crippen molar-refractivity contribution in [3.63, 3.8) is 0 Å². The summed E-state index contributed by atoms with van der Waals surface area (Å²) in [5.41, 5.74) is 1.97. The molecule has 100 valence electrons. The van der Waals surface area contributed by atoms with Gasteiger partial charge in [-0.25, -0.2) is 4.98 Å². The maximum Gasteiger partial charge on any atom is 0.203 e. The Hall–Kier alpha value is -1.65. The minimum absolute atomic E-state index is 0.539. The van der Waals surface area contributed by atoms with Crippen LogP contribution in [0.5, 0.6) is 0 Å². The summed E-state index contributed by atoms with van der Waals surface area (Å²) in [5, 5.41) is 8.39. The topological polar surface area (TPSA) is 46.3 Å². The summed E-state index contributed by atoms with van der Waals surface area (Å²) in [6.45, 7) is 8.93. The molecule has 1 saturated carbocycles. The molecule has 1 aliphatic carbocycles. The van der Waals surface area contributed by atoms with Gasteiger partial charge < -0.3 is 4.90 Å². The molecule has 1 spiro atoms. The zero-order valence-electron chi connectivity index (χ0n) is 11.7. The van der Waals surface area contributed by atoms with Gasteiger partial charge in [-0.3, -0.25) is 4.40 Å². The minimum Gasteiger partial charge on any atom is -0.352 e. The van der Waals surface area contributed by atoms with Crippen molar-refractivity contribution in [1.82, 2.24) is 19.6 Å². The largest absolute Gasteiger partial charge is 0.352 e. The van der Waals surface area contributed by atoms with Crippen LogP contribution in [0.2, 0.25) is 0 Å². The molecule has 0 amide bonds. The number of anilines is 1. The number of rotatable bonds is 1. The second-order valence-corrected chi connectivity index (χ2v) is 7.07. The van der Waals surface area contributed by atoms with Crippen LogP contribution in [0.25, 0.3) is 5.65 Å². The average molecular weight is 257 g/mol. The van der Waals surface area contributed by atoms with Crippen molar-refractivity contribution in [2.45, 2.75) is 33.6 Å². The van der Waals surface area contributed by atoms with Crippen molar-refractivity contribution >= 4 is 11.5 Å². The van der Waals surface area contributed by atoms with Crippen LogP contribution in [0.15, 0.2) is 12.4 Å². The molecule has 19 heavy (non-hydrogen) atoms. The fraction of sp³-hybridized carbons (Fsp3) is 0.643. The van der Waals surface area contributed by atoms with Crippen molar-refractivity contribution in [1.29, 1.82) is 0 Å². The molecule has 4 rings (SSSR count). The molecule has 1 saturated heterocycles. The Kier molecular flexibility index (Phi) is 1.92. The summed E-state index contributed by atoms with van der Waals surface area (Å²) in [7, 11) is 0. The Morgan fingerprint density at radius 1 is 1.16 bits per heavy atom. The van der Waals surface area contributed by atoms with E-state index in [9.17, 15) is 0 Å². The quantitative estimate of drug-likeness (QED) is 0.784. The molecule has 2 fully saturated rings. The first-order chi connectivity index (χ1) is 8.98. The van der Waals surface area contributed by atoms with Crippen molar-refractivity contribution in [3.8, 4) is 0 Å². The maximum atomic E-state index is 4.51. The minimum atomic E-state index is 0.539. The summed E-state index contributed by atoms with van der Waals surface area (Å²) >= 11 is 0. The summed E-state index contributed by atoms with van der Waals surface area (Å²) in [6.07, 6.45) is 6.45. The van der Waals surface area contributed by atoms with Gasteiger partial charge in [0.15, 0.2) is 5.82 Å². The number of fused-ring (bicyclic) bond motifs is 1. The van der Waals surface area contributed by atoms with Gasteiger partial charge in [0.25, 0.3) is 0 Å². The van der Waals surface area contributed by atoms with Gasteiger partial charge in [-0.15, -0.1) is 10.2 Å². The normalized spacial score (nSPS) is 23.4.